The Balaban J connectivity index is 0.000000305. The van der Waals surface area contributed by atoms with Crippen molar-refractivity contribution in [3.05, 3.63) is 107 Å². The second-order valence-corrected chi connectivity index (χ2v) is 14.9. The largest absolute Gasteiger partial charge is 1.00 e. The maximum absolute atomic E-state index is 12.4. The Morgan fingerprint density at radius 1 is 0.644 bits per heavy atom. The van der Waals surface area contributed by atoms with Gasteiger partial charge < -0.3 is 20.3 Å². The van der Waals surface area contributed by atoms with Gasteiger partial charge in [-0.05, 0) is 71.8 Å². The van der Waals surface area contributed by atoms with Gasteiger partial charge in [-0.15, -0.1) is 0 Å². The zero-order valence-corrected chi connectivity index (χ0v) is 36.0. The minimum absolute atomic E-state index is 0. The van der Waals surface area contributed by atoms with Crippen LogP contribution in [0, 0.1) is 0 Å². The number of anilines is 4. The normalized spacial score (nSPS) is 14.0. The fourth-order valence-electron chi connectivity index (χ4n) is 5.26. The van der Waals surface area contributed by atoms with Crippen LogP contribution in [0.2, 0.25) is 0 Å². The summed E-state index contributed by atoms with van der Waals surface area (Å²) in [5.74, 6) is -1.81. The smallest absolute Gasteiger partial charge is 0.506 e. The van der Waals surface area contributed by atoms with Crippen molar-refractivity contribution in [1.82, 2.24) is 0 Å². The molecule has 19 nitrogen and oxygen atoms in total. The number of nitrogens with zero attached hydrogens (tertiary/aromatic N) is 2. The number of carbonyl (C=O) groups excluding carboxylic acids is 4. The van der Waals surface area contributed by atoms with Crippen LogP contribution in [0.3, 0.4) is 0 Å². The molecule has 4 aromatic rings. The van der Waals surface area contributed by atoms with E-state index >= 15 is 0 Å². The Labute approximate surface area is 369 Å². The van der Waals surface area contributed by atoms with E-state index in [-0.39, 0.29) is 103 Å². The molecule has 0 atom stereocenters. The maximum atomic E-state index is 12.4. The van der Waals surface area contributed by atoms with Gasteiger partial charge in [0.15, 0.2) is 0 Å². The zero-order chi connectivity index (χ0) is 41.7. The number of hydrogen-bond acceptors (Lipinski definition) is 15. The molecule has 0 saturated heterocycles. The van der Waals surface area contributed by atoms with Crippen LogP contribution in [0.4, 0.5) is 27.5 Å². The second-order valence-electron chi connectivity index (χ2n) is 11.8. The van der Waals surface area contributed by atoms with Crippen molar-refractivity contribution >= 4 is 89.9 Å². The molecule has 0 saturated carbocycles. The van der Waals surface area contributed by atoms with E-state index in [1.54, 1.807) is 48.6 Å². The van der Waals surface area contributed by atoms with Gasteiger partial charge in [-0.25, -0.2) is 31.9 Å². The van der Waals surface area contributed by atoms with E-state index in [0.717, 1.165) is 36.4 Å². The van der Waals surface area contributed by atoms with Gasteiger partial charge in [-0.2, -0.15) is 10.2 Å². The molecule has 0 unspecified atom stereocenters. The number of hydrogen-bond donors (Lipinski definition) is 8. The van der Waals surface area contributed by atoms with Crippen molar-refractivity contribution in [3.8, 4) is 11.5 Å². The molecule has 0 aromatic heterocycles. The summed E-state index contributed by atoms with van der Waals surface area (Å²) in [6.45, 7) is 1.34. The average molecular weight is 892 g/mol. The average Bonchev–Trinajstić information content (AvgIpc) is 3.14. The third-order valence-electron chi connectivity index (χ3n) is 7.86. The standard InChI is InChI=1S/C18H16N4O6S.C18H16N4O5S.Cr.Na/c1-28-18(25)20-12-4-2-3-10-5-7-15(24)17(16(10)12)22-21-13-9-11(29(19,26)27)6-8-14(13)23;1-10(23)20-13-4-2-3-11-5-7-16(25)18(17(11)13)22-21-14-9-12(28(19,26)27)6-8-15(14)24;;/h2-9,21,23H,1H3,(H,20,25)(H2,19,26,27);2-9,21,24H,1H3,(H,20,23)(H2,19,26,27);;/q;;;+1/b22-17+;22-18+;;. The van der Waals surface area contributed by atoms with Crippen molar-refractivity contribution in [2.45, 2.75) is 16.7 Å². The molecule has 0 spiro atoms. The second kappa shape index (κ2) is 19.9. The summed E-state index contributed by atoms with van der Waals surface area (Å²) in [5, 5.41) is 43.3. The molecule has 0 fully saturated rings. The summed E-state index contributed by atoms with van der Waals surface area (Å²) in [4.78, 5) is 47.4. The quantitative estimate of drug-likeness (QED) is 0.0660. The number of aromatic hydroxyl groups is 2. The fraction of sp³-hybridized carbons (Fsp3) is 0.0556. The molecule has 59 heavy (non-hydrogen) atoms. The number of allylic oxidation sites excluding steroid dienone is 2. The third-order valence-corrected chi connectivity index (χ3v) is 9.69. The summed E-state index contributed by atoms with van der Waals surface area (Å²) in [7, 11) is -6.79. The number of benzene rings is 4. The molecular formula is C36H32CrN8NaO11S2+. The molecule has 4 aromatic carbocycles. The number of nitrogens with one attached hydrogen (secondary N) is 4. The van der Waals surface area contributed by atoms with Crippen LogP contribution in [0.15, 0.2) is 105 Å². The van der Waals surface area contributed by atoms with Gasteiger partial charge in [0.05, 0.1) is 39.7 Å². The van der Waals surface area contributed by atoms with Gasteiger partial charge in [0.2, 0.25) is 37.5 Å². The number of sulfonamides is 2. The molecular weight excluding hydrogens is 860 g/mol. The number of phenolic OH excluding ortho intramolecular Hbond substituents is 2. The van der Waals surface area contributed by atoms with Gasteiger partial charge in [-0.3, -0.25) is 30.6 Å². The van der Waals surface area contributed by atoms with Gasteiger partial charge in [0.1, 0.15) is 22.9 Å². The van der Waals surface area contributed by atoms with Gasteiger partial charge in [0, 0.05) is 35.4 Å². The Kier molecular flexibility index (Phi) is 16.1. The van der Waals surface area contributed by atoms with E-state index < -0.39 is 37.7 Å². The first kappa shape index (κ1) is 47.7. The Morgan fingerprint density at radius 3 is 1.42 bits per heavy atom. The maximum Gasteiger partial charge on any atom is 1.00 e. The number of primary sulfonamides is 2. The summed E-state index contributed by atoms with van der Waals surface area (Å²) in [6.07, 6.45) is 5.05. The predicted molar refractivity (Wildman–Crippen MR) is 211 cm³/mol. The van der Waals surface area contributed by atoms with E-state index in [4.69, 9.17) is 10.3 Å². The van der Waals surface area contributed by atoms with Crippen molar-refractivity contribution in [2.75, 3.05) is 28.6 Å². The Hall–Kier alpha value is -5.67. The monoisotopic (exact) mass is 891 g/mol. The number of hydrazone groups is 2. The number of fused-ring (bicyclic) bond motifs is 2. The topological polar surface area (TPSA) is 311 Å². The first-order valence-electron chi connectivity index (χ1n) is 16.1. The summed E-state index contributed by atoms with van der Waals surface area (Å²) >= 11 is 0. The SMILES string of the molecule is CC(=O)Nc1cccc2c1/C(=N/Nc1cc(S(N)(=O)=O)ccc1O)C(=O)C=C2.COC(=O)Nc1cccc2c1/C(=N/Nc1cc(S(N)(=O)=O)ccc1O)C(=O)C=C2.[Cr].[Na+]. The van der Waals surface area contributed by atoms with Crippen LogP contribution in [0.1, 0.15) is 29.2 Å². The van der Waals surface area contributed by atoms with Crippen LogP contribution in [0.25, 0.3) is 12.2 Å². The fourth-order valence-corrected chi connectivity index (χ4v) is 6.34. The minimum Gasteiger partial charge on any atom is -0.506 e. The summed E-state index contributed by atoms with van der Waals surface area (Å²) in [5.41, 5.74) is 7.46. The molecule has 10 N–H and O–H groups in total. The van der Waals surface area contributed by atoms with E-state index in [2.05, 4.69) is 36.4 Å². The molecule has 300 valence electrons. The summed E-state index contributed by atoms with van der Waals surface area (Å²) < 4.78 is 50.6. The predicted octanol–water partition coefficient (Wildman–Crippen LogP) is 0.0416. The molecule has 0 aliphatic heterocycles. The number of ether oxygens (including phenoxy) is 1. The number of amides is 2. The van der Waals surface area contributed by atoms with E-state index in [0.29, 0.717) is 27.9 Å². The van der Waals surface area contributed by atoms with Crippen LogP contribution in [-0.2, 0) is 56.5 Å². The van der Waals surface area contributed by atoms with Crippen LogP contribution in [0.5, 0.6) is 11.5 Å². The molecule has 0 heterocycles. The van der Waals surface area contributed by atoms with Gasteiger partial charge in [0.25, 0.3) is 0 Å². The third kappa shape index (κ3) is 11.7. The van der Waals surface area contributed by atoms with Crippen molar-refractivity contribution in [1.29, 1.82) is 0 Å². The Morgan fingerprint density at radius 2 is 1.05 bits per heavy atom. The zero-order valence-electron chi connectivity index (χ0n) is 31.1. The Bertz CT molecular complexity index is 2710. The molecule has 2 aliphatic rings. The molecule has 2 amide bonds. The molecule has 0 radical (unpaired) electrons. The number of carbonyl (C=O) groups is 4. The molecule has 0 bridgehead atoms. The number of ketones is 2. The first-order chi connectivity index (χ1) is 26.9. The van der Waals surface area contributed by atoms with E-state index in [1.807, 2.05) is 0 Å². The van der Waals surface area contributed by atoms with Crippen molar-refractivity contribution in [3.63, 3.8) is 0 Å². The first-order valence-corrected chi connectivity index (χ1v) is 19.2. The van der Waals surface area contributed by atoms with E-state index in [1.165, 1.54) is 26.2 Å². The molecule has 2 aliphatic carbocycles. The van der Waals surface area contributed by atoms with Crippen molar-refractivity contribution < 1.29 is 97.9 Å². The van der Waals surface area contributed by atoms with Crippen molar-refractivity contribution in [2.24, 2.45) is 20.5 Å². The van der Waals surface area contributed by atoms with Crippen LogP contribution < -0.4 is 61.3 Å². The molecule has 6 rings (SSSR count). The number of methoxy groups -OCH3 is 1. The van der Waals surface area contributed by atoms with Gasteiger partial charge >= 0.3 is 35.7 Å². The number of rotatable bonds is 8. The molecule has 23 heteroatoms. The number of nitrogens with two attached hydrogens (primary N) is 2. The van der Waals surface area contributed by atoms with Crippen LogP contribution >= 0.6 is 0 Å². The van der Waals surface area contributed by atoms with E-state index in [9.17, 15) is 46.2 Å². The van der Waals surface area contributed by atoms with Crippen LogP contribution in [-0.4, -0.2) is 69.1 Å². The summed E-state index contributed by atoms with van der Waals surface area (Å²) in [6, 6.07) is 16.8. The minimum atomic E-state index is -4.01. The van der Waals surface area contributed by atoms with Gasteiger partial charge in [-0.1, -0.05) is 36.4 Å². The number of phenols is 2.